The van der Waals surface area contributed by atoms with Gasteiger partial charge in [0, 0.05) is 43.1 Å². The van der Waals surface area contributed by atoms with Crippen LogP contribution in [0, 0.1) is 0 Å². The average molecular weight is 425 g/mol. The van der Waals surface area contributed by atoms with Crippen molar-refractivity contribution in [1.82, 2.24) is 19.9 Å². The van der Waals surface area contributed by atoms with E-state index in [1.165, 1.54) is 11.3 Å². The van der Waals surface area contributed by atoms with E-state index in [2.05, 4.69) is 25.3 Å². The van der Waals surface area contributed by atoms with Gasteiger partial charge < -0.3 is 10.3 Å². The van der Waals surface area contributed by atoms with Gasteiger partial charge in [-0.3, -0.25) is 4.98 Å². The summed E-state index contributed by atoms with van der Waals surface area (Å²) >= 11 is 20.0. The number of pyridine rings is 2. The first-order valence-corrected chi connectivity index (χ1v) is 9.64. The predicted octanol–water partition coefficient (Wildman–Crippen LogP) is 5.58. The van der Waals surface area contributed by atoms with E-state index in [0.717, 1.165) is 32.2 Å². The fourth-order valence-electron chi connectivity index (χ4n) is 2.59. The van der Waals surface area contributed by atoms with Crippen molar-refractivity contribution in [3.63, 3.8) is 0 Å². The summed E-state index contributed by atoms with van der Waals surface area (Å²) in [6.07, 6.45) is 7.52. The molecule has 0 saturated carbocycles. The van der Waals surface area contributed by atoms with Gasteiger partial charge in [-0.1, -0.05) is 34.8 Å². The maximum Gasteiger partial charge on any atom is 0.184 e. The van der Waals surface area contributed by atoms with Gasteiger partial charge in [0.25, 0.3) is 0 Å². The van der Waals surface area contributed by atoms with E-state index in [4.69, 9.17) is 34.8 Å². The number of hydrogen-bond donors (Lipinski definition) is 2. The molecule has 0 atom stereocenters. The van der Waals surface area contributed by atoms with E-state index in [1.54, 1.807) is 18.6 Å². The summed E-state index contributed by atoms with van der Waals surface area (Å²) in [5.41, 5.74) is 2.83. The third-order valence-corrected chi connectivity index (χ3v) is 5.86. The van der Waals surface area contributed by atoms with Gasteiger partial charge >= 0.3 is 0 Å². The number of thiazole rings is 1. The van der Waals surface area contributed by atoms with Crippen molar-refractivity contribution in [3.05, 3.63) is 68.1 Å². The zero-order valence-electron chi connectivity index (χ0n) is 13.3. The van der Waals surface area contributed by atoms with E-state index >= 15 is 0 Å². The fourth-order valence-corrected chi connectivity index (χ4v) is 4.12. The van der Waals surface area contributed by atoms with Crippen LogP contribution in [0.25, 0.3) is 11.0 Å². The Morgan fingerprint density at radius 1 is 1.15 bits per heavy atom. The maximum atomic E-state index is 6.33. The lowest BCUT2D eigenvalue weighted by molar-refractivity contribution is 1.11. The minimum Gasteiger partial charge on any atom is -0.357 e. The number of aromatic amines is 1. The molecule has 0 fully saturated rings. The monoisotopic (exact) mass is 423 g/mol. The van der Waals surface area contributed by atoms with Gasteiger partial charge in [-0.25, -0.2) is 9.97 Å². The van der Waals surface area contributed by atoms with Crippen LogP contribution in [0.4, 0.5) is 5.13 Å². The minimum absolute atomic E-state index is 0.489. The summed E-state index contributed by atoms with van der Waals surface area (Å²) < 4.78 is 0. The highest BCUT2D eigenvalue weighted by Crippen LogP contribution is 2.32. The first-order valence-electron chi connectivity index (χ1n) is 7.69. The molecule has 132 valence electrons. The topological polar surface area (TPSA) is 66.5 Å². The summed E-state index contributed by atoms with van der Waals surface area (Å²) in [4.78, 5) is 16.8. The number of halogens is 3. The molecule has 4 aromatic heterocycles. The van der Waals surface area contributed by atoms with Gasteiger partial charge in [0.05, 0.1) is 14.9 Å². The number of rotatable bonds is 5. The van der Waals surface area contributed by atoms with E-state index in [0.29, 0.717) is 28.2 Å². The minimum atomic E-state index is 0.489. The first-order chi connectivity index (χ1) is 12.6. The van der Waals surface area contributed by atoms with Crippen molar-refractivity contribution < 1.29 is 0 Å². The van der Waals surface area contributed by atoms with Crippen LogP contribution in [-0.4, -0.2) is 19.9 Å². The third kappa shape index (κ3) is 3.64. The molecule has 0 aliphatic rings. The molecule has 0 spiro atoms. The van der Waals surface area contributed by atoms with Crippen LogP contribution in [0.5, 0.6) is 0 Å². The Labute approximate surface area is 168 Å². The number of hydrogen-bond acceptors (Lipinski definition) is 5. The maximum absolute atomic E-state index is 6.33. The number of H-pyrrole nitrogens is 1. The summed E-state index contributed by atoms with van der Waals surface area (Å²) in [6, 6.07) is 3.77. The van der Waals surface area contributed by atoms with Crippen LogP contribution < -0.4 is 5.32 Å². The van der Waals surface area contributed by atoms with Crippen molar-refractivity contribution in [2.75, 3.05) is 5.32 Å². The van der Waals surface area contributed by atoms with Gasteiger partial charge in [0.2, 0.25) is 0 Å². The molecule has 0 saturated heterocycles. The number of nitrogens with one attached hydrogen (secondary N) is 2. The summed E-state index contributed by atoms with van der Waals surface area (Å²) in [5, 5.41) is 6.70. The number of anilines is 1. The summed E-state index contributed by atoms with van der Waals surface area (Å²) in [5.74, 6) is 0. The van der Waals surface area contributed by atoms with Crippen LogP contribution in [0.15, 0.2) is 36.9 Å². The van der Waals surface area contributed by atoms with Crippen LogP contribution >= 0.6 is 46.1 Å². The molecular formula is C17H12Cl3N5S. The molecular weight excluding hydrogens is 413 g/mol. The van der Waals surface area contributed by atoms with Crippen molar-refractivity contribution in [3.8, 4) is 0 Å². The Morgan fingerprint density at radius 2 is 2.04 bits per heavy atom. The largest absolute Gasteiger partial charge is 0.357 e. The molecule has 26 heavy (non-hydrogen) atoms. The summed E-state index contributed by atoms with van der Waals surface area (Å²) in [7, 11) is 0. The van der Waals surface area contributed by atoms with Gasteiger partial charge in [0.1, 0.15) is 10.8 Å². The zero-order chi connectivity index (χ0) is 18.1. The first kappa shape index (κ1) is 17.5. The third-order valence-electron chi connectivity index (χ3n) is 3.87. The lowest BCUT2D eigenvalue weighted by atomic mass is 10.1. The van der Waals surface area contributed by atoms with Gasteiger partial charge in [-0.05, 0) is 23.3 Å². The van der Waals surface area contributed by atoms with Crippen LogP contribution in [-0.2, 0) is 13.0 Å². The van der Waals surface area contributed by atoms with Crippen molar-refractivity contribution >= 4 is 62.3 Å². The van der Waals surface area contributed by atoms with Gasteiger partial charge in [0.15, 0.2) is 5.13 Å². The number of nitrogens with zero attached hydrogens (tertiary/aromatic N) is 3. The standard InChI is InChI=1S/C17H12Cl3N5S/c18-11-4-12-10(6-22-16(12)23-7-11)3-14-15(20)25-17(26-14)24-5-9-1-2-21-8-13(9)19/h1-2,4,6-8H,3,5H2,(H,22,23)(H,24,25). The second kappa shape index (κ2) is 7.40. The molecule has 4 rings (SSSR count). The molecule has 0 aliphatic carbocycles. The lowest BCUT2D eigenvalue weighted by Gasteiger charge is -2.04. The highest BCUT2D eigenvalue weighted by atomic mass is 35.5. The molecule has 5 nitrogen and oxygen atoms in total. The van der Waals surface area contributed by atoms with E-state index in [9.17, 15) is 0 Å². The normalized spacial score (nSPS) is 11.2. The highest BCUT2D eigenvalue weighted by molar-refractivity contribution is 7.16. The second-order valence-corrected chi connectivity index (χ2v) is 7.88. The SMILES string of the molecule is Clc1cnc2[nH]cc(Cc3sc(NCc4ccncc4Cl)nc3Cl)c2c1. The molecule has 0 amide bonds. The zero-order valence-corrected chi connectivity index (χ0v) is 16.3. The van der Waals surface area contributed by atoms with Crippen LogP contribution in [0.2, 0.25) is 15.2 Å². The molecule has 0 unspecified atom stereocenters. The van der Waals surface area contributed by atoms with Crippen molar-refractivity contribution in [2.45, 2.75) is 13.0 Å². The quantitative estimate of drug-likeness (QED) is 0.439. The highest BCUT2D eigenvalue weighted by Gasteiger charge is 2.13. The Bertz CT molecular complexity index is 1080. The molecule has 4 heterocycles. The second-order valence-electron chi connectivity index (χ2n) is 5.59. The average Bonchev–Trinajstić information content (AvgIpc) is 3.18. The van der Waals surface area contributed by atoms with E-state index < -0.39 is 0 Å². The Balaban J connectivity index is 1.53. The van der Waals surface area contributed by atoms with E-state index in [-0.39, 0.29) is 0 Å². The van der Waals surface area contributed by atoms with Crippen molar-refractivity contribution in [2.24, 2.45) is 0 Å². The van der Waals surface area contributed by atoms with Crippen LogP contribution in [0.1, 0.15) is 16.0 Å². The van der Waals surface area contributed by atoms with Gasteiger partial charge in [-0.2, -0.15) is 0 Å². The molecule has 2 N–H and O–H groups in total. The Kier molecular flexibility index (Phi) is 5.00. The van der Waals surface area contributed by atoms with Gasteiger partial charge in [-0.15, -0.1) is 11.3 Å². The molecule has 0 aliphatic heterocycles. The fraction of sp³-hybridized carbons (Fsp3) is 0.118. The van der Waals surface area contributed by atoms with Crippen molar-refractivity contribution in [1.29, 1.82) is 0 Å². The van der Waals surface area contributed by atoms with E-state index in [1.807, 2.05) is 18.3 Å². The predicted molar refractivity (Wildman–Crippen MR) is 108 cm³/mol. The smallest absolute Gasteiger partial charge is 0.184 e. The summed E-state index contributed by atoms with van der Waals surface area (Å²) in [6.45, 7) is 0.553. The Hall–Kier alpha value is -1.86. The number of aromatic nitrogens is 4. The Morgan fingerprint density at radius 3 is 2.88 bits per heavy atom. The number of fused-ring (bicyclic) bond motifs is 1. The lowest BCUT2D eigenvalue weighted by Crippen LogP contribution is -1.99. The van der Waals surface area contributed by atoms with Crippen LogP contribution in [0.3, 0.4) is 0 Å². The molecule has 9 heteroatoms. The molecule has 0 radical (unpaired) electrons. The molecule has 4 aromatic rings. The molecule has 0 bridgehead atoms. The molecule has 0 aromatic carbocycles.